The van der Waals surface area contributed by atoms with E-state index < -0.39 is 0 Å². The minimum absolute atomic E-state index is 0.0110. The maximum absolute atomic E-state index is 12.3. The Morgan fingerprint density at radius 1 is 1.25 bits per heavy atom. The number of benzene rings is 1. The molecule has 1 heterocycles. The van der Waals surface area contributed by atoms with E-state index in [2.05, 4.69) is 24.5 Å². The van der Waals surface area contributed by atoms with Crippen LogP contribution in [0.2, 0.25) is 0 Å². The number of hydrogen-bond donors (Lipinski definition) is 3. The standard InChI is InChI=1S/C21H34N4O3/c1-4-11-24(12-5-2)13-7-10-22-21(27)23-17-14-20(26)25(16-17)18-8-6-9-19(15-18)28-3/h6,8-9,15,17H,4-5,7,10-14,16H2,1-3H3,(H2,22,23,27)/p+1/t17-/m1/s1. The number of amides is 3. The van der Waals surface area contributed by atoms with E-state index >= 15 is 0 Å². The van der Waals surface area contributed by atoms with E-state index in [9.17, 15) is 9.59 Å². The number of methoxy groups -OCH3 is 1. The Morgan fingerprint density at radius 3 is 2.68 bits per heavy atom. The molecule has 3 amide bonds. The van der Waals surface area contributed by atoms with Gasteiger partial charge in [-0.2, -0.15) is 0 Å². The number of ether oxygens (including phenoxy) is 1. The summed E-state index contributed by atoms with van der Waals surface area (Å²) in [4.78, 5) is 27.8. The zero-order valence-corrected chi connectivity index (χ0v) is 17.4. The highest BCUT2D eigenvalue weighted by atomic mass is 16.5. The number of carbonyl (C=O) groups is 2. The van der Waals surface area contributed by atoms with Gasteiger partial charge in [-0.3, -0.25) is 4.79 Å². The molecule has 1 fully saturated rings. The largest absolute Gasteiger partial charge is 0.497 e. The second-order valence-corrected chi connectivity index (χ2v) is 7.36. The van der Waals surface area contributed by atoms with Crippen molar-refractivity contribution in [3.63, 3.8) is 0 Å². The molecule has 0 bridgehead atoms. The summed E-state index contributed by atoms with van der Waals surface area (Å²) >= 11 is 0. The lowest BCUT2D eigenvalue weighted by atomic mass is 10.2. The number of urea groups is 1. The zero-order valence-electron chi connectivity index (χ0n) is 17.4. The summed E-state index contributed by atoms with van der Waals surface area (Å²) in [5.41, 5.74) is 0.795. The van der Waals surface area contributed by atoms with Crippen molar-refractivity contribution in [1.29, 1.82) is 0 Å². The van der Waals surface area contributed by atoms with Crippen LogP contribution in [0.1, 0.15) is 39.5 Å². The van der Waals surface area contributed by atoms with Crippen LogP contribution in [0, 0.1) is 0 Å². The van der Waals surface area contributed by atoms with Gasteiger partial charge in [0.05, 0.1) is 32.8 Å². The van der Waals surface area contributed by atoms with Crippen molar-refractivity contribution in [2.45, 2.75) is 45.6 Å². The van der Waals surface area contributed by atoms with Crippen LogP contribution in [0.4, 0.5) is 10.5 Å². The predicted molar refractivity (Wildman–Crippen MR) is 111 cm³/mol. The van der Waals surface area contributed by atoms with Gasteiger partial charge in [0.15, 0.2) is 0 Å². The van der Waals surface area contributed by atoms with Gasteiger partial charge >= 0.3 is 6.03 Å². The molecular weight excluding hydrogens is 356 g/mol. The van der Waals surface area contributed by atoms with Crippen molar-refractivity contribution in [1.82, 2.24) is 10.6 Å². The number of rotatable bonds is 11. The Balaban J connectivity index is 1.73. The molecule has 0 radical (unpaired) electrons. The van der Waals surface area contributed by atoms with Crippen molar-refractivity contribution < 1.29 is 19.2 Å². The number of anilines is 1. The first-order valence-electron chi connectivity index (χ1n) is 10.4. The van der Waals surface area contributed by atoms with Gasteiger partial charge in [0.25, 0.3) is 0 Å². The molecule has 0 unspecified atom stereocenters. The number of carbonyl (C=O) groups excluding carboxylic acids is 2. The molecule has 0 aromatic heterocycles. The first-order chi connectivity index (χ1) is 13.6. The highest BCUT2D eigenvalue weighted by molar-refractivity contribution is 5.97. The third kappa shape index (κ3) is 6.71. The third-order valence-electron chi connectivity index (χ3n) is 5.03. The molecule has 1 atom stereocenters. The average Bonchev–Trinajstić information content (AvgIpc) is 3.05. The monoisotopic (exact) mass is 391 g/mol. The van der Waals surface area contributed by atoms with Gasteiger partial charge in [0, 0.05) is 37.7 Å². The average molecular weight is 392 g/mol. The minimum atomic E-state index is -0.196. The van der Waals surface area contributed by atoms with E-state index in [1.54, 1.807) is 16.9 Å². The summed E-state index contributed by atoms with van der Waals surface area (Å²) in [7, 11) is 1.60. The van der Waals surface area contributed by atoms with Crippen molar-refractivity contribution in [3.8, 4) is 5.75 Å². The van der Waals surface area contributed by atoms with Crippen LogP contribution in [0.25, 0.3) is 0 Å². The molecule has 1 aromatic rings. The van der Waals surface area contributed by atoms with Gasteiger partial charge < -0.3 is 25.2 Å². The number of quaternary nitrogens is 1. The molecule has 7 heteroatoms. The highest BCUT2D eigenvalue weighted by Crippen LogP contribution is 2.25. The van der Waals surface area contributed by atoms with Gasteiger partial charge in [-0.25, -0.2) is 4.79 Å². The van der Waals surface area contributed by atoms with Gasteiger partial charge in [0.1, 0.15) is 5.75 Å². The maximum Gasteiger partial charge on any atom is 0.315 e. The van der Waals surface area contributed by atoms with E-state index in [-0.39, 0.29) is 18.0 Å². The van der Waals surface area contributed by atoms with Gasteiger partial charge in [-0.15, -0.1) is 0 Å². The Bertz CT molecular complexity index is 632. The second-order valence-electron chi connectivity index (χ2n) is 7.36. The van der Waals surface area contributed by atoms with Gasteiger partial charge in [-0.1, -0.05) is 19.9 Å². The molecule has 7 nitrogen and oxygen atoms in total. The molecule has 28 heavy (non-hydrogen) atoms. The maximum atomic E-state index is 12.3. The van der Waals surface area contributed by atoms with E-state index in [1.165, 1.54) is 25.9 Å². The molecule has 2 rings (SSSR count). The quantitative estimate of drug-likeness (QED) is 0.496. The lowest BCUT2D eigenvalue weighted by Gasteiger charge is -2.19. The van der Waals surface area contributed by atoms with Gasteiger partial charge in [0.2, 0.25) is 5.91 Å². The molecule has 0 aliphatic carbocycles. The summed E-state index contributed by atoms with van der Waals surface area (Å²) in [6, 6.07) is 7.04. The lowest BCUT2D eigenvalue weighted by molar-refractivity contribution is -0.900. The van der Waals surface area contributed by atoms with Gasteiger partial charge in [-0.05, 0) is 25.0 Å². The van der Waals surface area contributed by atoms with E-state index in [0.717, 1.165) is 18.7 Å². The van der Waals surface area contributed by atoms with Crippen LogP contribution in [-0.2, 0) is 4.79 Å². The number of nitrogens with one attached hydrogen (secondary N) is 3. The topological polar surface area (TPSA) is 75.1 Å². The molecule has 0 saturated carbocycles. The summed E-state index contributed by atoms with van der Waals surface area (Å²) in [6.45, 7) is 8.99. The summed E-state index contributed by atoms with van der Waals surface area (Å²) in [5, 5.41) is 5.85. The highest BCUT2D eigenvalue weighted by Gasteiger charge is 2.31. The van der Waals surface area contributed by atoms with Crippen LogP contribution in [0.5, 0.6) is 5.75 Å². The fourth-order valence-electron chi connectivity index (χ4n) is 3.69. The Hall–Kier alpha value is -2.28. The van der Waals surface area contributed by atoms with Crippen LogP contribution in [-0.4, -0.2) is 57.8 Å². The first kappa shape index (κ1) is 22.0. The predicted octanol–water partition coefficient (Wildman–Crippen LogP) is 1.19. The first-order valence-corrected chi connectivity index (χ1v) is 10.4. The number of nitrogens with zero attached hydrogens (tertiary/aromatic N) is 1. The summed E-state index contributed by atoms with van der Waals surface area (Å²) < 4.78 is 5.22. The summed E-state index contributed by atoms with van der Waals surface area (Å²) in [5.74, 6) is 0.721. The summed E-state index contributed by atoms with van der Waals surface area (Å²) in [6.07, 6.45) is 3.64. The molecule has 0 spiro atoms. The molecule has 156 valence electrons. The molecule has 1 aliphatic rings. The minimum Gasteiger partial charge on any atom is -0.497 e. The number of hydrogen-bond acceptors (Lipinski definition) is 3. The smallest absolute Gasteiger partial charge is 0.315 e. The van der Waals surface area contributed by atoms with Crippen LogP contribution in [0.3, 0.4) is 0 Å². The molecule has 3 N–H and O–H groups in total. The SMILES string of the molecule is CCC[NH+](CCC)CCCNC(=O)N[C@@H]1CC(=O)N(c2cccc(OC)c2)C1. The van der Waals surface area contributed by atoms with E-state index in [0.29, 0.717) is 25.3 Å². The van der Waals surface area contributed by atoms with Crippen molar-refractivity contribution in [3.05, 3.63) is 24.3 Å². The van der Waals surface area contributed by atoms with E-state index in [1.807, 2.05) is 24.3 Å². The van der Waals surface area contributed by atoms with E-state index in [4.69, 9.17) is 4.74 Å². The third-order valence-corrected chi connectivity index (χ3v) is 5.03. The van der Waals surface area contributed by atoms with Crippen LogP contribution in [0.15, 0.2) is 24.3 Å². The molecular formula is C21H35N4O3+. The Morgan fingerprint density at radius 2 is 2.00 bits per heavy atom. The molecule has 1 aliphatic heterocycles. The fourth-order valence-corrected chi connectivity index (χ4v) is 3.69. The van der Waals surface area contributed by atoms with Crippen molar-refractivity contribution >= 4 is 17.6 Å². The normalized spacial score (nSPS) is 16.5. The van der Waals surface area contributed by atoms with Crippen LogP contribution >= 0.6 is 0 Å². The zero-order chi connectivity index (χ0) is 20.4. The Labute approximate surface area is 168 Å². The molecule has 1 saturated heterocycles. The second kappa shape index (κ2) is 11.5. The van der Waals surface area contributed by atoms with Crippen molar-refractivity contribution in [2.24, 2.45) is 0 Å². The van der Waals surface area contributed by atoms with Crippen molar-refractivity contribution in [2.75, 3.05) is 44.7 Å². The fraction of sp³-hybridized carbons (Fsp3) is 0.619. The molecule has 1 aromatic carbocycles. The Kier molecular flexibility index (Phi) is 9.07. The lowest BCUT2D eigenvalue weighted by Crippen LogP contribution is -3.12. The van der Waals surface area contributed by atoms with Crippen LogP contribution < -0.4 is 25.2 Å².